The molecule has 0 atom stereocenters. The summed E-state index contributed by atoms with van der Waals surface area (Å²) in [6, 6.07) is 19.0. The molecule has 1 heterocycles. The van der Waals surface area contributed by atoms with E-state index in [2.05, 4.69) is 14.9 Å². The molecular formula is C19H19N3O4S2. The van der Waals surface area contributed by atoms with Crippen LogP contribution in [0.25, 0.3) is 11.3 Å². The Hall–Kier alpha value is -2.78. The second kappa shape index (κ2) is 8.07. The number of aromatic nitrogens is 2. The summed E-state index contributed by atoms with van der Waals surface area (Å²) in [5, 5.41) is 7.53. The number of rotatable bonds is 7. The van der Waals surface area contributed by atoms with Crippen molar-refractivity contribution in [1.82, 2.24) is 10.2 Å². The Bertz CT molecular complexity index is 1140. The molecule has 0 radical (unpaired) electrons. The van der Waals surface area contributed by atoms with Crippen molar-refractivity contribution in [3.05, 3.63) is 72.3 Å². The van der Waals surface area contributed by atoms with Crippen LogP contribution in [-0.4, -0.2) is 39.0 Å². The zero-order valence-electron chi connectivity index (χ0n) is 15.1. The van der Waals surface area contributed by atoms with Gasteiger partial charge in [0.25, 0.3) is 0 Å². The van der Waals surface area contributed by atoms with Crippen LogP contribution in [0.15, 0.2) is 71.8 Å². The highest BCUT2D eigenvalue weighted by atomic mass is 32.2. The van der Waals surface area contributed by atoms with Crippen LogP contribution in [0, 0.1) is 0 Å². The van der Waals surface area contributed by atoms with Crippen molar-refractivity contribution in [3.8, 4) is 11.3 Å². The first-order valence-electron chi connectivity index (χ1n) is 8.42. The number of hydrogen-bond donors (Lipinski definition) is 1. The van der Waals surface area contributed by atoms with Crippen LogP contribution in [0.4, 0.5) is 5.69 Å². The topological polar surface area (TPSA) is 106 Å². The van der Waals surface area contributed by atoms with Gasteiger partial charge in [-0.15, -0.1) is 10.2 Å². The van der Waals surface area contributed by atoms with Crippen molar-refractivity contribution >= 4 is 25.5 Å². The molecule has 7 nitrogen and oxygen atoms in total. The van der Waals surface area contributed by atoms with E-state index in [1.54, 1.807) is 30.3 Å². The highest BCUT2D eigenvalue weighted by Gasteiger charge is 2.12. The van der Waals surface area contributed by atoms with Crippen molar-refractivity contribution < 1.29 is 16.8 Å². The molecule has 2 aromatic carbocycles. The normalized spacial score (nSPS) is 11.9. The lowest BCUT2D eigenvalue weighted by molar-refractivity contribution is 0.595. The van der Waals surface area contributed by atoms with E-state index in [0.29, 0.717) is 23.4 Å². The molecule has 0 saturated carbocycles. The van der Waals surface area contributed by atoms with Gasteiger partial charge in [-0.1, -0.05) is 42.5 Å². The number of benzene rings is 2. The Labute approximate surface area is 164 Å². The molecule has 0 aliphatic carbocycles. The van der Waals surface area contributed by atoms with Crippen LogP contribution >= 0.6 is 0 Å². The Morgan fingerprint density at radius 1 is 0.821 bits per heavy atom. The maximum absolute atomic E-state index is 12.3. The number of nitrogens with one attached hydrogen (secondary N) is 1. The molecule has 28 heavy (non-hydrogen) atoms. The Kier molecular flexibility index (Phi) is 5.76. The molecule has 0 spiro atoms. The molecule has 0 unspecified atom stereocenters. The molecular weight excluding hydrogens is 398 g/mol. The Morgan fingerprint density at radius 2 is 1.50 bits per heavy atom. The van der Waals surface area contributed by atoms with Crippen LogP contribution in [0.1, 0.15) is 5.56 Å². The van der Waals surface area contributed by atoms with E-state index in [4.69, 9.17) is 0 Å². The molecule has 9 heteroatoms. The van der Waals surface area contributed by atoms with Crippen molar-refractivity contribution in [2.24, 2.45) is 0 Å². The van der Waals surface area contributed by atoms with Gasteiger partial charge in [0.1, 0.15) is 0 Å². The van der Waals surface area contributed by atoms with Crippen LogP contribution in [0.5, 0.6) is 0 Å². The number of aryl methyl sites for hydroxylation is 1. The Morgan fingerprint density at radius 3 is 2.07 bits per heavy atom. The summed E-state index contributed by atoms with van der Waals surface area (Å²) in [5.41, 5.74) is 2.59. The molecule has 146 valence electrons. The van der Waals surface area contributed by atoms with Crippen LogP contribution in [-0.2, 0) is 26.3 Å². The van der Waals surface area contributed by atoms with Gasteiger partial charge in [-0.3, -0.25) is 4.72 Å². The average molecular weight is 418 g/mol. The molecule has 0 aliphatic rings. The zero-order valence-corrected chi connectivity index (χ0v) is 16.7. The summed E-state index contributed by atoms with van der Waals surface area (Å²) in [4.78, 5) is 0. The van der Waals surface area contributed by atoms with Gasteiger partial charge in [0.15, 0.2) is 14.9 Å². The van der Waals surface area contributed by atoms with Gasteiger partial charge in [-0.25, -0.2) is 16.8 Å². The van der Waals surface area contributed by atoms with Gasteiger partial charge < -0.3 is 0 Å². The predicted molar refractivity (Wildman–Crippen MR) is 108 cm³/mol. The molecule has 1 N–H and O–H groups in total. The number of sulfone groups is 1. The first-order chi connectivity index (χ1) is 13.2. The van der Waals surface area contributed by atoms with Crippen molar-refractivity contribution in [1.29, 1.82) is 0 Å². The summed E-state index contributed by atoms with van der Waals surface area (Å²) in [7, 11) is -6.88. The van der Waals surface area contributed by atoms with Gasteiger partial charge in [-0.05, 0) is 36.2 Å². The van der Waals surface area contributed by atoms with E-state index in [1.165, 1.54) is 6.07 Å². The molecule has 0 amide bonds. The third kappa shape index (κ3) is 5.37. The van der Waals surface area contributed by atoms with Gasteiger partial charge in [0.2, 0.25) is 10.0 Å². The predicted octanol–water partition coefficient (Wildman–Crippen LogP) is 2.53. The standard InChI is InChI=1S/C19H19N3O4S2/c1-27(23,24)19-12-11-18(20-21-19)16-7-9-17(10-8-16)22-28(25,26)14-13-15-5-3-2-4-6-15/h2-12,22H,13-14H2,1H3. The lowest BCUT2D eigenvalue weighted by Crippen LogP contribution is -2.18. The first-order valence-corrected chi connectivity index (χ1v) is 12.0. The van der Waals surface area contributed by atoms with Crippen LogP contribution in [0.3, 0.4) is 0 Å². The number of hydrogen-bond acceptors (Lipinski definition) is 6. The largest absolute Gasteiger partial charge is 0.284 e. The molecule has 0 aliphatic heterocycles. The molecule has 3 aromatic rings. The molecule has 1 aromatic heterocycles. The van der Waals surface area contributed by atoms with E-state index in [9.17, 15) is 16.8 Å². The highest BCUT2D eigenvalue weighted by molar-refractivity contribution is 7.92. The summed E-state index contributed by atoms with van der Waals surface area (Å²) in [6.07, 6.45) is 1.49. The monoisotopic (exact) mass is 417 g/mol. The fourth-order valence-corrected chi connectivity index (χ4v) is 4.11. The van der Waals surface area contributed by atoms with E-state index in [1.807, 2.05) is 30.3 Å². The molecule has 0 saturated heterocycles. The van der Waals surface area contributed by atoms with Crippen LogP contribution in [0.2, 0.25) is 0 Å². The number of nitrogens with zero attached hydrogens (tertiary/aromatic N) is 2. The number of sulfonamides is 1. The minimum atomic E-state index is -3.48. The van der Waals surface area contributed by atoms with Gasteiger partial charge in [0, 0.05) is 17.5 Å². The fraction of sp³-hybridized carbons (Fsp3) is 0.158. The van der Waals surface area contributed by atoms with Crippen molar-refractivity contribution in [2.45, 2.75) is 11.4 Å². The van der Waals surface area contributed by atoms with Gasteiger partial charge in [0.05, 0.1) is 11.4 Å². The fourth-order valence-electron chi connectivity index (χ4n) is 2.51. The maximum Gasteiger partial charge on any atom is 0.233 e. The second-order valence-electron chi connectivity index (χ2n) is 6.26. The SMILES string of the molecule is CS(=O)(=O)c1ccc(-c2ccc(NS(=O)(=O)CCc3ccccc3)cc2)nn1. The molecule has 3 rings (SSSR count). The van der Waals surface area contributed by atoms with Gasteiger partial charge >= 0.3 is 0 Å². The zero-order chi connectivity index (χ0) is 20.2. The first kappa shape index (κ1) is 20.0. The third-order valence-electron chi connectivity index (χ3n) is 3.98. The summed E-state index contributed by atoms with van der Waals surface area (Å²) in [6.45, 7) is 0. The number of anilines is 1. The van der Waals surface area contributed by atoms with E-state index < -0.39 is 19.9 Å². The summed E-state index contributed by atoms with van der Waals surface area (Å²) < 4.78 is 50.0. The van der Waals surface area contributed by atoms with E-state index in [0.717, 1.165) is 11.8 Å². The van der Waals surface area contributed by atoms with E-state index in [-0.39, 0.29) is 10.8 Å². The Balaban J connectivity index is 1.67. The van der Waals surface area contributed by atoms with Crippen molar-refractivity contribution in [3.63, 3.8) is 0 Å². The van der Waals surface area contributed by atoms with E-state index >= 15 is 0 Å². The lowest BCUT2D eigenvalue weighted by atomic mass is 10.1. The minimum Gasteiger partial charge on any atom is -0.284 e. The third-order valence-corrected chi connectivity index (χ3v) is 6.24. The average Bonchev–Trinajstić information content (AvgIpc) is 2.67. The second-order valence-corrected chi connectivity index (χ2v) is 10.1. The highest BCUT2D eigenvalue weighted by Crippen LogP contribution is 2.20. The van der Waals surface area contributed by atoms with Crippen molar-refractivity contribution in [2.75, 3.05) is 16.7 Å². The quantitative estimate of drug-likeness (QED) is 0.633. The maximum atomic E-state index is 12.3. The smallest absolute Gasteiger partial charge is 0.233 e. The lowest BCUT2D eigenvalue weighted by Gasteiger charge is -2.09. The van der Waals surface area contributed by atoms with Gasteiger partial charge in [-0.2, -0.15) is 0 Å². The van der Waals surface area contributed by atoms with Crippen LogP contribution < -0.4 is 4.72 Å². The summed E-state index contributed by atoms with van der Waals surface area (Å²) >= 11 is 0. The minimum absolute atomic E-state index is 0.0167. The molecule has 0 fully saturated rings. The molecule has 0 bridgehead atoms. The summed E-state index contributed by atoms with van der Waals surface area (Å²) in [5.74, 6) is -0.0167.